The smallest absolute Gasteiger partial charge is 0.409 e. The fourth-order valence-electron chi connectivity index (χ4n) is 6.13. The predicted molar refractivity (Wildman–Crippen MR) is 184 cm³/mol. The summed E-state index contributed by atoms with van der Waals surface area (Å²) in [5, 5.41) is 11.2. The number of likely N-dealkylation sites (tertiary alicyclic amines) is 1. The summed E-state index contributed by atoms with van der Waals surface area (Å²) in [6.07, 6.45) is 2.55. The highest BCUT2D eigenvalue weighted by Crippen LogP contribution is 2.33. The van der Waals surface area contributed by atoms with Crippen LogP contribution in [0.3, 0.4) is 0 Å². The number of carbonyl (C=O) groups excluding carboxylic acids is 6. The molecule has 5 atom stereocenters. The summed E-state index contributed by atoms with van der Waals surface area (Å²) in [6.45, 7) is 24.2. The Morgan fingerprint density at radius 1 is 0.958 bits per heavy atom. The molecule has 13 nitrogen and oxygen atoms in total. The zero-order valence-electron chi connectivity index (χ0n) is 30.7. The quantitative estimate of drug-likeness (QED) is 0.162. The first-order valence-corrected chi connectivity index (χ1v) is 17.2. The summed E-state index contributed by atoms with van der Waals surface area (Å²) in [4.78, 5) is 83.0. The number of nitrogens with zero attached hydrogens (tertiary/aromatic N) is 2. The van der Waals surface area contributed by atoms with E-state index in [4.69, 9.17) is 4.74 Å². The SMILES string of the molecule is C=CCNC(=O)C(=O)C(CC(C)C)NC(=O)[C@@H]1C(C(C)C)CCN1C(=O)[C@@H](NC(=O)N[C@H](CN1CCCOC1=O)C(C)(C)C)C(C)(C)C. The third-order valence-electron chi connectivity index (χ3n) is 9.02. The van der Waals surface area contributed by atoms with Crippen LogP contribution in [0, 0.1) is 28.6 Å². The van der Waals surface area contributed by atoms with E-state index in [9.17, 15) is 28.8 Å². The molecule has 0 saturated carbocycles. The van der Waals surface area contributed by atoms with Crippen molar-refractivity contribution < 1.29 is 33.5 Å². The molecule has 4 N–H and O–H groups in total. The first-order chi connectivity index (χ1) is 22.2. The number of Topliss-reactive ketones (excluding diaryl/α,β-unsaturated/α-hetero) is 1. The van der Waals surface area contributed by atoms with Gasteiger partial charge in [0.15, 0.2) is 0 Å². The van der Waals surface area contributed by atoms with Crippen LogP contribution in [0.4, 0.5) is 9.59 Å². The number of ketones is 1. The van der Waals surface area contributed by atoms with E-state index in [2.05, 4.69) is 27.8 Å². The van der Waals surface area contributed by atoms with Gasteiger partial charge in [-0.25, -0.2) is 9.59 Å². The van der Waals surface area contributed by atoms with E-state index in [1.54, 1.807) is 4.90 Å². The molecule has 0 aromatic heterocycles. The number of amides is 6. The molecule has 2 aliphatic rings. The summed E-state index contributed by atoms with van der Waals surface area (Å²) in [6, 6.07) is -3.99. The first kappa shape index (κ1) is 40.5. The molecule has 2 fully saturated rings. The molecule has 0 radical (unpaired) electrons. The number of carbonyl (C=O) groups is 6. The van der Waals surface area contributed by atoms with E-state index in [1.165, 1.54) is 11.0 Å². The minimum atomic E-state index is -1.07. The van der Waals surface area contributed by atoms with Crippen LogP contribution in [0.1, 0.15) is 88.5 Å². The Morgan fingerprint density at radius 2 is 1.60 bits per heavy atom. The lowest BCUT2D eigenvalue weighted by molar-refractivity contribution is -0.145. The second-order valence-electron chi connectivity index (χ2n) is 16.0. The maximum Gasteiger partial charge on any atom is 0.409 e. The molecular weight excluding hydrogens is 616 g/mol. The normalized spacial score (nSPS) is 20.5. The number of cyclic esters (lactones) is 1. The van der Waals surface area contributed by atoms with Crippen molar-refractivity contribution in [1.82, 2.24) is 31.1 Å². The topological polar surface area (TPSA) is 166 Å². The van der Waals surface area contributed by atoms with Crippen molar-refractivity contribution in [2.45, 2.75) is 113 Å². The summed E-state index contributed by atoms with van der Waals surface area (Å²) >= 11 is 0. The van der Waals surface area contributed by atoms with Crippen LogP contribution in [0.25, 0.3) is 0 Å². The second-order valence-corrected chi connectivity index (χ2v) is 16.0. The van der Waals surface area contributed by atoms with Gasteiger partial charge in [-0.1, -0.05) is 75.3 Å². The molecule has 0 spiro atoms. The van der Waals surface area contributed by atoms with Gasteiger partial charge in [-0.05, 0) is 47.8 Å². The van der Waals surface area contributed by atoms with Gasteiger partial charge in [0.25, 0.3) is 5.91 Å². The number of nitrogens with one attached hydrogen (secondary N) is 4. The van der Waals surface area contributed by atoms with Gasteiger partial charge in [0.1, 0.15) is 12.1 Å². The number of hydrogen-bond donors (Lipinski definition) is 4. The molecule has 6 amide bonds. The predicted octanol–water partition coefficient (Wildman–Crippen LogP) is 3.23. The Hall–Kier alpha value is -3.64. The number of rotatable bonds is 14. The van der Waals surface area contributed by atoms with Crippen molar-refractivity contribution in [3.8, 4) is 0 Å². The number of ether oxygens (including phenoxy) is 1. The van der Waals surface area contributed by atoms with E-state index in [0.29, 0.717) is 32.5 Å². The van der Waals surface area contributed by atoms with Crippen LogP contribution in [-0.2, 0) is 23.9 Å². The third-order valence-corrected chi connectivity index (χ3v) is 9.02. The average Bonchev–Trinajstić information content (AvgIpc) is 3.43. The van der Waals surface area contributed by atoms with Gasteiger partial charge in [-0.15, -0.1) is 6.58 Å². The van der Waals surface area contributed by atoms with E-state index in [1.807, 2.05) is 69.2 Å². The fourth-order valence-corrected chi connectivity index (χ4v) is 6.13. The van der Waals surface area contributed by atoms with Gasteiger partial charge in [0, 0.05) is 26.2 Å². The molecule has 0 aliphatic carbocycles. The van der Waals surface area contributed by atoms with Crippen LogP contribution in [-0.4, -0.2) is 102 Å². The highest BCUT2D eigenvalue weighted by atomic mass is 16.6. The zero-order valence-corrected chi connectivity index (χ0v) is 30.7. The monoisotopic (exact) mass is 676 g/mol. The second kappa shape index (κ2) is 17.1. The van der Waals surface area contributed by atoms with Gasteiger partial charge >= 0.3 is 12.1 Å². The van der Waals surface area contributed by atoms with Crippen molar-refractivity contribution in [2.75, 3.05) is 32.8 Å². The molecule has 13 heteroatoms. The molecule has 272 valence electrons. The standard InChI is InChI=1S/C35H60N6O7/c1-12-15-36-30(44)27(42)24(19-21(2)3)37-29(43)26-23(22(4)5)14-17-41(26)31(45)28(35(9,10)11)39-32(46)38-25(34(6,7)8)20-40-16-13-18-48-33(40)47/h12,21-26,28H,1,13-20H2,2-11H3,(H,36,44)(H,37,43)(H2,38,39,46)/t23?,24?,25-,26+,28-/m1/s1. The maximum absolute atomic E-state index is 14.4. The molecule has 0 bridgehead atoms. The molecule has 2 unspecified atom stereocenters. The highest BCUT2D eigenvalue weighted by Gasteiger charge is 2.48. The minimum absolute atomic E-state index is 0.000805. The summed E-state index contributed by atoms with van der Waals surface area (Å²) in [5.41, 5.74) is -1.16. The van der Waals surface area contributed by atoms with Gasteiger partial charge in [-0.3, -0.25) is 19.2 Å². The van der Waals surface area contributed by atoms with E-state index >= 15 is 0 Å². The lowest BCUT2D eigenvalue weighted by atomic mass is 9.84. The van der Waals surface area contributed by atoms with Gasteiger partial charge < -0.3 is 35.8 Å². The van der Waals surface area contributed by atoms with Crippen LogP contribution >= 0.6 is 0 Å². The Labute approximate surface area is 286 Å². The zero-order chi connectivity index (χ0) is 36.6. The molecule has 48 heavy (non-hydrogen) atoms. The maximum atomic E-state index is 14.4. The van der Waals surface area contributed by atoms with Crippen LogP contribution in [0.2, 0.25) is 0 Å². The summed E-state index contributed by atoms with van der Waals surface area (Å²) in [5.74, 6) is -2.66. The van der Waals surface area contributed by atoms with Crippen molar-refractivity contribution in [1.29, 1.82) is 0 Å². The minimum Gasteiger partial charge on any atom is -0.449 e. The molecule has 2 heterocycles. The largest absolute Gasteiger partial charge is 0.449 e. The van der Waals surface area contributed by atoms with E-state index in [0.717, 1.165) is 0 Å². The molecule has 2 rings (SSSR count). The molecular formula is C35H60N6O7. The fraction of sp³-hybridized carbons (Fsp3) is 0.771. The average molecular weight is 677 g/mol. The lowest BCUT2D eigenvalue weighted by Gasteiger charge is -2.39. The van der Waals surface area contributed by atoms with Gasteiger partial charge in [-0.2, -0.15) is 0 Å². The Morgan fingerprint density at radius 3 is 2.12 bits per heavy atom. The molecule has 2 aliphatic heterocycles. The molecule has 0 aromatic rings. The Balaban J connectivity index is 2.33. The van der Waals surface area contributed by atoms with Crippen molar-refractivity contribution in [3.63, 3.8) is 0 Å². The van der Waals surface area contributed by atoms with E-state index in [-0.39, 0.29) is 37.3 Å². The molecule has 0 aromatic carbocycles. The number of hydrogen-bond acceptors (Lipinski definition) is 7. The Kier molecular flexibility index (Phi) is 14.5. The summed E-state index contributed by atoms with van der Waals surface area (Å²) < 4.78 is 5.18. The number of urea groups is 1. The third kappa shape index (κ3) is 11.2. The first-order valence-electron chi connectivity index (χ1n) is 17.2. The van der Waals surface area contributed by atoms with Gasteiger partial charge in [0.05, 0.1) is 18.7 Å². The van der Waals surface area contributed by atoms with E-state index < -0.39 is 70.6 Å². The summed E-state index contributed by atoms with van der Waals surface area (Å²) in [7, 11) is 0. The van der Waals surface area contributed by atoms with Crippen LogP contribution in [0.5, 0.6) is 0 Å². The Bertz CT molecular complexity index is 1190. The molecule has 2 saturated heterocycles. The van der Waals surface area contributed by atoms with Crippen LogP contribution < -0.4 is 21.3 Å². The van der Waals surface area contributed by atoms with Crippen molar-refractivity contribution in [2.24, 2.45) is 28.6 Å². The van der Waals surface area contributed by atoms with Crippen LogP contribution in [0.15, 0.2) is 12.7 Å². The lowest BCUT2D eigenvalue weighted by Crippen LogP contribution is -2.62. The van der Waals surface area contributed by atoms with Crippen molar-refractivity contribution >= 4 is 35.6 Å². The van der Waals surface area contributed by atoms with Gasteiger partial charge in [0.2, 0.25) is 17.6 Å². The van der Waals surface area contributed by atoms with Crippen molar-refractivity contribution in [3.05, 3.63) is 12.7 Å². The highest BCUT2D eigenvalue weighted by molar-refractivity contribution is 6.38.